The van der Waals surface area contributed by atoms with E-state index in [-0.39, 0.29) is 41.5 Å². The van der Waals surface area contributed by atoms with Gasteiger partial charge in [0, 0.05) is 17.9 Å². The summed E-state index contributed by atoms with van der Waals surface area (Å²) in [5.41, 5.74) is 4.67. The van der Waals surface area contributed by atoms with Crippen molar-refractivity contribution in [1.29, 1.82) is 0 Å². The molecule has 1 aliphatic carbocycles. The summed E-state index contributed by atoms with van der Waals surface area (Å²) in [5, 5.41) is 0. The SMILES string of the molecule is CCCC(CC1CC(=O)c2c(ccc(C(CC)CC)c2C)C1)C(CC)C(=O)CC(C)=O. The van der Waals surface area contributed by atoms with Gasteiger partial charge in [0.05, 0.1) is 6.42 Å². The van der Waals surface area contributed by atoms with Gasteiger partial charge < -0.3 is 0 Å². The number of Topliss-reactive ketones (excluding diaryl/α,β-unsaturated/α-hetero) is 3. The number of benzene rings is 1. The molecule has 3 unspecified atom stereocenters. The summed E-state index contributed by atoms with van der Waals surface area (Å²) in [5.74, 6) is 1.29. The van der Waals surface area contributed by atoms with Gasteiger partial charge in [-0.25, -0.2) is 0 Å². The Morgan fingerprint density at radius 3 is 2.26 bits per heavy atom. The Balaban J connectivity index is 2.24. The van der Waals surface area contributed by atoms with E-state index in [1.165, 1.54) is 23.6 Å². The normalized spacial score (nSPS) is 18.0. The monoisotopic (exact) mass is 426 g/mol. The van der Waals surface area contributed by atoms with Gasteiger partial charge in [0.1, 0.15) is 11.6 Å². The summed E-state index contributed by atoms with van der Waals surface area (Å²) in [7, 11) is 0. The Kier molecular flexibility index (Phi) is 9.65. The number of fused-ring (bicyclic) bond motifs is 1. The topological polar surface area (TPSA) is 51.2 Å². The third-order valence-electron chi connectivity index (χ3n) is 7.42. The molecule has 3 nitrogen and oxygen atoms in total. The zero-order chi connectivity index (χ0) is 23.1. The third kappa shape index (κ3) is 6.14. The van der Waals surface area contributed by atoms with Crippen LogP contribution in [0.2, 0.25) is 0 Å². The van der Waals surface area contributed by atoms with E-state index >= 15 is 0 Å². The molecule has 0 N–H and O–H groups in total. The van der Waals surface area contributed by atoms with Gasteiger partial charge in [-0.15, -0.1) is 0 Å². The molecular formula is C28H42O3. The maximum atomic E-state index is 13.2. The van der Waals surface area contributed by atoms with Gasteiger partial charge in [0.2, 0.25) is 0 Å². The van der Waals surface area contributed by atoms with E-state index in [9.17, 15) is 14.4 Å². The highest BCUT2D eigenvalue weighted by atomic mass is 16.1. The van der Waals surface area contributed by atoms with E-state index in [1.54, 1.807) is 0 Å². The average Bonchev–Trinajstić information content (AvgIpc) is 2.70. The van der Waals surface area contributed by atoms with Gasteiger partial charge in [-0.2, -0.15) is 0 Å². The molecule has 0 aliphatic heterocycles. The smallest absolute Gasteiger partial charge is 0.163 e. The molecule has 172 valence electrons. The number of carbonyl (C=O) groups excluding carboxylic acids is 3. The van der Waals surface area contributed by atoms with Crippen molar-refractivity contribution in [2.45, 2.75) is 105 Å². The zero-order valence-corrected chi connectivity index (χ0v) is 20.6. The molecule has 1 aromatic rings. The highest BCUT2D eigenvalue weighted by Crippen LogP contribution is 2.38. The van der Waals surface area contributed by atoms with E-state index < -0.39 is 0 Å². The largest absolute Gasteiger partial charge is 0.300 e. The van der Waals surface area contributed by atoms with Crippen LogP contribution in [0.1, 0.15) is 119 Å². The maximum absolute atomic E-state index is 13.2. The minimum absolute atomic E-state index is 0.0448. The lowest BCUT2D eigenvalue weighted by Gasteiger charge is -2.32. The molecule has 0 radical (unpaired) electrons. The van der Waals surface area contributed by atoms with E-state index in [2.05, 4.69) is 46.8 Å². The average molecular weight is 427 g/mol. The van der Waals surface area contributed by atoms with Gasteiger partial charge in [0.25, 0.3) is 0 Å². The molecular weight excluding hydrogens is 384 g/mol. The molecule has 0 spiro atoms. The number of carbonyl (C=O) groups is 3. The molecule has 2 rings (SSSR count). The Hall–Kier alpha value is -1.77. The second kappa shape index (κ2) is 11.7. The van der Waals surface area contributed by atoms with Crippen molar-refractivity contribution >= 4 is 17.3 Å². The van der Waals surface area contributed by atoms with Crippen LogP contribution in [0.3, 0.4) is 0 Å². The fraction of sp³-hybridized carbons (Fsp3) is 0.679. The second-order valence-electron chi connectivity index (χ2n) is 9.67. The van der Waals surface area contributed by atoms with Crippen molar-refractivity contribution < 1.29 is 14.4 Å². The summed E-state index contributed by atoms with van der Waals surface area (Å²) in [6.45, 7) is 12.3. The van der Waals surface area contributed by atoms with Crippen molar-refractivity contribution in [2.75, 3.05) is 0 Å². The number of ketones is 3. The maximum Gasteiger partial charge on any atom is 0.163 e. The van der Waals surface area contributed by atoms with Crippen LogP contribution in [0.25, 0.3) is 0 Å². The standard InChI is InChI=1S/C28H42O3/c1-7-11-22(24(10-4)26(30)14-18(5)29)15-20-16-23-12-13-25(21(8-2)9-3)19(6)28(23)27(31)17-20/h12-13,20-22,24H,7-11,14-17H2,1-6H3. The zero-order valence-electron chi connectivity index (χ0n) is 20.6. The molecule has 31 heavy (non-hydrogen) atoms. The van der Waals surface area contributed by atoms with Crippen LogP contribution in [0.15, 0.2) is 12.1 Å². The van der Waals surface area contributed by atoms with Crippen molar-refractivity contribution in [1.82, 2.24) is 0 Å². The van der Waals surface area contributed by atoms with Gasteiger partial charge in [0.15, 0.2) is 5.78 Å². The highest BCUT2D eigenvalue weighted by molar-refractivity contribution is 6.00. The minimum Gasteiger partial charge on any atom is -0.300 e. The lowest BCUT2D eigenvalue weighted by atomic mass is 9.71. The van der Waals surface area contributed by atoms with E-state index in [0.29, 0.717) is 12.3 Å². The van der Waals surface area contributed by atoms with E-state index in [1.807, 2.05) is 0 Å². The molecule has 0 saturated carbocycles. The highest BCUT2D eigenvalue weighted by Gasteiger charge is 2.33. The van der Waals surface area contributed by atoms with Crippen molar-refractivity contribution in [3.05, 3.63) is 34.4 Å². The molecule has 0 saturated heterocycles. The van der Waals surface area contributed by atoms with Gasteiger partial charge >= 0.3 is 0 Å². The third-order valence-corrected chi connectivity index (χ3v) is 7.42. The molecule has 1 aliphatic rings. The lowest BCUT2D eigenvalue weighted by Crippen LogP contribution is -2.30. The molecule has 0 aromatic heterocycles. The lowest BCUT2D eigenvalue weighted by molar-refractivity contribution is -0.129. The Bertz CT molecular complexity index is 788. The summed E-state index contributed by atoms with van der Waals surface area (Å²) >= 11 is 0. The number of rotatable bonds is 12. The molecule has 1 aromatic carbocycles. The molecule has 3 atom stereocenters. The first kappa shape index (κ1) is 25.5. The summed E-state index contributed by atoms with van der Waals surface area (Å²) in [6, 6.07) is 4.43. The molecule has 0 heterocycles. The summed E-state index contributed by atoms with van der Waals surface area (Å²) in [6.07, 6.45) is 7.40. The van der Waals surface area contributed by atoms with Crippen LogP contribution in [0.5, 0.6) is 0 Å². The molecule has 0 fully saturated rings. The second-order valence-corrected chi connectivity index (χ2v) is 9.67. The quantitative estimate of drug-likeness (QED) is 0.337. The van der Waals surface area contributed by atoms with Crippen LogP contribution in [0, 0.1) is 24.7 Å². The summed E-state index contributed by atoms with van der Waals surface area (Å²) in [4.78, 5) is 37.4. The van der Waals surface area contributed by atoms with Crippen molar-refractivity contribution in [3.8, 4) is 0 Å². The number of hydrogen-bond acceptors (Lipinski definition) is 3. The Morgan fingerprint density at radius 2 is 1.71 bits per heavy atom. The predicted octanol–water partition coefficient (Wildman–Crippen LogP) is 7.02. The van der Waals surface area contributed by atoms with Crippen LogP contribution >= 0.6 is 0 Å². The fourth-order valence-corrected chi connectivity index (χ4v) is 5.91. The molecule has 0 amide bonds. The van der Waals surface area contributed by atoms with Crippen LogP contribution in [-0.4, -0.2) is 17.3 Å². The Labute approximate surface area is 189 Å². The number of hydrogen-bond donors (Lipinski definition) is 0. The van der Waals surface area contributed by atoms with Crippen LogP contribution in [0.4, 0.5) is 0 Å². The fourth-order valence-electron chi connectivity index (χ4n) is 5.91. The first-order chi connectivity index (χ1) is 14.8. The van der Waals surface area contributed by atoms with Crippen LogP contribution < -0.4 is 0 Å². The molecule has 3 heteroatoms. The van der Waals surface area contributed by atoms with Gasteiger partial charge in [-0.3, -0.25) is 14.4 Å². The molecule has 0 bridgehead atoms. The van der Waals surface area contributed by atoms with Gasteiger partial charge in [-0.1, -0.05) is 52.7 Å². The van der Waals surface area contributed by atoms with E-state index in [4.69, 9.17) is 0 Å². The van der Waals surface area contributed by atoms with Crippen molar-refractivity contribution in [2.24, 2.45) is 17.8 Å². The van der Waals surface area contributed by atoms with E-state index in [0.717, 1.165) is 50.5 Å². The van der Waals surface area contributed by atoms with Crippen LogP contribution in [-0.2, 0) is 16.0 Å². The first-order valence-electron chi connectivity index (χ1n) is 12.4. The van der Waals surface area contributed by atoms with Gasteiger partial charge in [-0.05, 0) is 80.4 Å². The Morgan fingerprint density at radius 1 is 1.03 bits per heavy atom. The van der Waals surface area contributed by atoms with Crippen molar-refractivity contribution in [3.63, 3.8) is 0 Å². The minimum atomic E-state index is -0.0701. The summed E-state index contributed by atoms with van der Waals surface area (Å²) < 4.78 is 0. The first-order valence-corrected chi connectivity index (χ1v) is 12.4. The predicted molar refractivity (Wildman–Crippen MR) is 128 cm³/mol.